The van der Waals surface area contributed by atoms with Crippen molar-refractivity contribution in [2.45, 2.75) is 40.5 Å². The van der Waals surface area contributed by atoms with Crippen LogP contribution in [0.5, 0.6) is 0 Å². The molecule has 0 aromatic carbocycles. The Morgan fingerprint density at radius 1 is 0.429 bits per heavy atom. The Balaban J connectivity index is 3.97. The van der Waals surface area contributed by atoms with E-state index in [0.29, 0.717) is 79.3 Å². The van der Waals surface area contributed by atoms with E-state index in [0.717, 1.165) is 26.1 Å². The second-order valence-corrected chi connectivity index (χ2v) is 6.61. The Labute approximate surface area is 172 Å². The van der Waals surface area contributed by atoms with Gasteiger partial charge in [0.25, 0.3) is 0 Å². The summed E-state index contributed by atoms with van der Waals surface area (Å²) in [5.41, 5.74) is -0.170. The van der Waals surface area contributed by atoms with Crippen molar-refractivity contribution in [2.75, 3.05) is 92.5 Å². The van der Waals surface area contributed by atoms with Crippen LogP contribution in [-0.4, -0.2) is 92.5 Å². The van der Waals surface area contributed by atoms with Crippen molar-refractivity contribution in [2.24, 2.45) is 5.41 Å². The molecule has 0 saturated heterocycles. The highest BCUT2D eigenvalue weighted by atomic mass is 16.6. The van der Waals surface area contributed by atoms with E-state index in [1.807, 2.05) is 20.8 Å². The first-order valence-corrected chi connectivity index (χ1v) is 10.8. The molecule has 0 aromatic rings. The summed E-state index contributed by atoms with van der Waals surface area (Å²) < 4.78 is 39.2. The van der Waals surface area contributed by atoms with E-state index < -0.39 is 0 Å². The zero-order valence-electron chi connectivity index (χ0n) is 18.7. The van der Waals surface area contributed by atoms with Gasteiger partial charge in [0, 0.05) is 38.4 Å². The molecule has 0 saturated carbocycles. The quantitative estimate of drug-likeness (QED) is 0.241. The van der Waals surface area contributed by atoms with Gasteiger partial charge in [0.15, 0.2) is 0 Å². The van der Waals surface area contributed by atoms with E-state index in [2.05, 4.69) is 6.92 Å². The molecule has 0 aromatic heterocycles. The maximum atomic E-state index is 5.84. The summed E-state index contributed by atoms with van der Waals surface area (Å²) in [5, 5.41) is 0. The second kappa shape index (κ2) is 21.4. The van der Waals surface area contributed by atoms with Crippen LogP contribution in [0.15, 0.2) is 0 Å². The van der Waals surface area contributed by atoms with Gasteiger partial charge in [0.2, 0.25) is 0 Å². The lowest BCUT2D eigenvalue weighted by molar-refractivity contribution is -0.0821. The summed E-state index contributed by atoms with van der Waals surface area (Å²) in [6, 6.07) is 0. The Kier molecular flexibility index (Phi) is 21.2. The highest BCUT2D eigenvalue weighted by Crippen LogP contribution is 2.25. The molecule has 0 N–H and O–H groups in total. The molecule has 28 heavy (non-hydrogen) atoms. The minimum Gasteiger partial charge on any atom is -0.381 e. The normalized spacial score (nSPS) is 12.0. The van der Waals surface area contributed by atoms with Crippen LogP contribution >= 0.6 is 0 Å². The SMILES string of the molecule is CCCOCC(CCOCCOCCOCCOCC)(COCC)COCC. The van der Waals surface area contributed by atoms with Gasteiger partial charge in [-0.2, -0.15) is 0 Å². The van der Waals surface area contributed by atoms with E-state index in [1.54, 1.807) is 0 Å². The smallest absolute Gasteiger partial charge is 0.0701 e. The molecule has 0 unspecified atom stereocenters. The maximum absolute atomic E-state index is 5.84. The minimum absolute atomic E-state index is 0.170. The number of rotatable bonds is 23. The second-order valence-electron chi connectivity index (χ2n) is 6.61. The molecule has 0 heterocycles. The third kappa shape index (κ3) is 16.7. The van der Waals surface area contributed by atoms with Crippen molar-refractivity contribution in [1.29, 1.82) is 0 Å². The third-order valence-corrected chi connectivity index (χ3v) is 4.08. The van der Waals surface area contributed by atoms with Gasteiger partial charge in [-0.25, -0.2) is 0 Å². The molecule has 0 fully saturated rings. The van der Waals surface area contributed by atoms with Crippen LogP contribution in [0.25, 0.3) is 0 Å². The fraction of sp³-hybridized carbons (Fsp3) is 1.00. The highest BCUT2D eigenvalue weighted by Gasteiger charge is 2.31. The molecule has 7 nitrogen and oxygen atoms in total. The molecule has 7 heteroatoms. The van der Waals surface area contributed by atoms with Crippen LogP contribution in [-0.2, 0) is 33.2 Å². The van der Waals surface area contributed by atoms with E-state index in [9.17, 15) is 0 Å². The molecule has 0 spiro atoms. The van der Waals surface area contributed by atoms with Gasteiger partial charge in [0.1, 0.15) is 0 Å². The summed E-state index contributed by atoms with van der Waals surface area (Å²) >= 11 is 0. The fourth-order valence-electron chi connectivity index (χ4n) is 2.50. The molecule has 0 rings (SSSR count). The van der Waals surface area contributed by atoms with Crippen LogP contribution in [0, 0.1) is 5.41 Å². The van der Waals surface area contributed by atoms with Gasteiger partial charge in [-0.1, -0.05) is 6.92 Å². The molecular weight excluding hydrogens is 364 g/mol. The van der Waals surface area contributed by atoms with E-state index in [1.165, 1.54) is 0 Å². The standard InChI is InChI=1S/C21H44O7/c1-5-10-28-20-21(18-23-7-3,19-24-8-4)9-11-25-14-15-27-17-16-26-13-12-22-6-2/h5-20H2,1-4H3. The maximum Gasteiger partial charge on any atom is 0.0701 e. The number of hydrogen-bond acceptors (Lipinski definition) is 7. The van der Waals surface area contributed by atoms with E-state index >= 15 is 0 Å². The lowest BCUT2D eigenvalue weighted by atomic mass is 9.87. The van der Waals surface area contributed by atoms with Crippen LogP contribution in [0.2, 0.25) is 0 Å². The average Bonchev–Trinajstić information content (AvgIpc) is 2.71. The first kappa shape index (κ1) is 27.7. The van der Waals surface area contributed by atoms with Gasteiger partial charge in [-0.15, -0.1) is 0 Å². The predicted molar refractivity (Wildman–Crippen MR) is 110 cm³/mol. The van der Waals surface area contributed by atoms with Crippen LogP contribution in [0.4, 0.5) is 0 Å². The van der Waals surface area contributed by atoms with Gasteiger partial charge in [0.05, 0.1) is 59.5 Å². The molecule has 0 atom stereocenters. The van der Waals surface area contributed by atoms with Crippen molar-refractivity contribution in [3.63, 3.8) is 0 Å². The van der Waals surface area contributed by atoms with Gasteiger partial charge in [-0.05, 0) is 33.6 Å². The summed E-state index contributed by atoms with van der Waals surface area (Å²) in [5.74, 6) is 0. The van der Waals surface area contributed by atoms with Crippen molar-refractivity contribution in [3.05, 3.63) is 0 Å². The Hall–Kier alpha value is -0.280. The molecule has 170 valence electrons. The Morgan fingerprint density at radius 2 is 0.857 bits per heavy atom. The van der Waals surface area contributed by atoms with Gasteiger partial charge in [-0.3, -0.25) is 0 Å². The predicted octanol–water partition coefficient (Wildman–Crippen LogP) is 2.95. The van der Waals surface area contributed by atoms with Gasteiger partial charge < -0.3 is 33.2 Å². The zero-order valence-corrected chi connectivity index (χ0v) is 18.7. The third-order valence-electron chi connectivity index (χ3n) is 4.08. The molecule has 0 radical (unpaired) electrons. The molecular formula is C21H44O7. The highest BCUT2D eigenvalue weighted by molar-refractivity contribution is 4.79. The van der Waals surface area contributed by atoms with Gasteiger partial charge >= 0.3 is 0 Å². The summed E-state index contributed by atoms with van der Waals surface area (Å²) in [7, 11) is 0. The van der Waals surface area contributed by atoms with Crippen molar-refractivity contribution in [3.8, 4) is 0 Å². The number of hydrogen-bond donors (Lipinski definition) is 0. The van der Waals surface area contributed by atoms with Crippen LogP contribution in [0.1, 0.15) is 40.5 Å². The molecule has 0 bridgehead atoms. The Morgan fingerprint density at radius 3 is 1.32 bits per heavy atom. The Bertz CT molecular complexity index is 294. The summed E-state index contributed by atoms with van der Waals surface area (Å²) in [4.78, 5) is 0. The van der Waals surface area contributed by atoms with E-state index in [4.69, 9.17) is 33.2 Å². The van der Waals surface area contributed by atoms with E-state index in [-0.39, 0.29) is 5.41 Å². The van der Waals surface area contributed by atoms with Crippen LogP contribution < -0.4 is 0 Å². The van der Waals surface area contributed by atoms with Crippen molar-refractivity contribution >= 4 is 0 Å². The summed E-state index contributed by atoms with van der Waals surface area (Å²) in [6.07, 6.45) is 1.83. The first-order valence-electron chi connectivity index (χ1n) is 10.8. The molecule has 0 aliphatic carbocycles. The molecule has 0 aliphatic heterocycles. The zero-order chi connectivity index (χ0) is 20.8. The fourth-order valence-corrected chi connectivity index (χ4v) is 2.50. The molecule has 0 amide bonds. The largest absolute Gasteiger partial charge is 0.381 e. The first-order chi connectivity index (χ1) is 13.7. The molecule has 0 aliphatic rings. The lowest BCUT2D eigenvalue weighted by Gasteiger charge is -2.33. The van der Waals surface area contributed by atoms with Crippen molar-refractivity contribution < 1.29 is 33.2 Å². The average molecular weight is 409 g/mol. The summed E-state index contributed by atoms with van der Waals surface area (Å²) in [6.45, 7) is 16.9. The van der Waals surface area contributed by atoms with Crippen molar-refractivity contribution in [1.82, 2.24) is 0 Å². The van der Waals surface area contributed by atoms with Crippen LogP contribution in [0.3, 0.4) is 0 Å². The lowest BCUT2D eigenvalue weighted by Crippen LogP contribution is -2.39. The monoisotopic (exact) mass is 408 g/mol. The topological polar surface area (TPSA) is 64.6 Å². The minimum atomic E-state index is -0.170. The number of ether oxygens (including phenoxy) is 7.